The second-order valence-electron chi connectivity index (χ2n) is 11.1. The summed E-state index contributed by atoms with van der Waals surface area (Å²) >= 11 is 0. The summed E-state index contributed by atoms with van der Waals surface area (Å²) in [5, 5.41) is 29.3. The molecule has 2 unspecified atom stereocenters. The van der Waals surface area contributed by atoms with Gasteiger partial charge in [0, 0.05) is 30.4 Å². The number of H-pyrrole nitrogens is 1. The summed E-state index contributed by atoms with van der Waals surface area (Å²) in [6.07, 6.45) is 10.1. The normalized spacial score (nSPS) is 33.7. The third-order valence-electron chi connectivity index (χ3n) is 8.83. The van der Waals surface area contributed by atoms with Gasteiger partial charge in [-0.2, -0.15) is 4.98 Å². The molecule has 10 nitrogen and oxygen atoms in total. The van der Waals surface area contributed by atoms with Gasteiger partial charge < -0.3 is 29.9 Å². The fraction of sp³-hybridized carbons (Fsp3) is 0.600. The van der Waals surface area contributed by atoms with Crippen LogP contribution in [0.15, 0.2) is 23.0 Å². The van der Waals surface area contributed by atoms with E-state index in [0.29, 0.717) is 29.9 Å². The van der Waals surface area contributed by atoms with Crippen molar-refractivity contribution in [1.82, 2.24) is 25.0 Å². The van der Waals surface area contributed by atoms with Crippen molar-refractivity contribution in [1.29, 1.82) is 0 Å². The number of nitrogens with zero attached hydrogens (tertiary/aromatic N) is 4. The third kappa shape index (κ3) is 3.37. The van der Waals surface area contributed by atoms with Crippen molar-refractivity contribution >= 4 is 22.6 Å². The van der Waals surface area contributed by atoms with Gasteiger partial charge in [-0.1, -0.05) is 5.16 Å². The molecule has 5 aliphatic rings. The van der Waals surface area contributed by atoms with Crippen molar-refractivity contribution in [3.05, 3.63) is 24.3 Å². The Morgan fingerprint density at radius 3 is 2.89 bits per heavy atom. The Labute approximate surface area is 202 Å². The standard InChI is InChI=1S/C25H30N6O4/c32-12-16-2-1-5-31(16)24(33)22-29-23(35-30-22)18-11-27-21-17(3-4-26-21)20(18)28-19-14-6-13-7-15(19)10-25(34,8-13)9-14/h3-4,11,13-16,19,32,34H,1-2,5-10,12H2,(H2,26,27,28)/t13?,14?,15?,16-,19-,25+/m0/s1. The summed E-state index contributed by atoms with van der Waals surface area (Å²) in [4.78, 5) is 26.8. The Balaban J connectivity index is 1.23. The number of carbonyl (C=O) groups excluding carboxylic acids is 1. The number of rotatable bonds is 5. The molecule has 1 aliphatic heterocycles. The van der Waals surface area contributed by atoms with Crippen molar-refractivity contribution in [3.8, 4) is 11.5 Å². The number of aromatic nitrogens is 4. The van der Waals surface area contributed by atoms with Gasteiger partial charge in [-0.25, -0.2) is 4.98 Å². The molecule has 10 heteroatoms. The predicted molar refractivity (Wildman–Crippen MR) is 126 cm³/mol. The maximum Gasteiger partial charge on any atom is 0.295 e. The van der Waals surface area contributed by atoms with Gasteiger partial charge >= 0.3 is 0 Å². The molecule has 8 rings (SSSR count). The number of aliphatic hydroxyl groups excluding tert-OH is 1. The van der Waals surface area contributed by atoms with Crippen LogP contribution in [0.25, 0.3) is 22.5 Å². The zero-order valence-electron chi connectivity index (χ0n) is 19.5. The summed E-state index contributed by atoms with van der Waals surface area (Å²) in [5.74, 6) is 1.39. The molecule has 3 aromatic heterocycles. The van der Waals surface area contributed by atoms with Gasteiger partial charge in [0.05, 0.1) is 29.5 Å². The molecule has 4 bridgehead atoms. The van der Waals surface area contributed by atoms with Crippen LogP contribution in [0.2, 0.25) is 0 Å². The maximum absolute atomic E-state index is 13.0. The van der Waals surface area contributed by atoms with E-state index in [9.17, 15) is 15.0 Å². The van der Waals surface area contributed by atoms with E-state index < -0.39 is 5.60 Å². The molecular formula is C25H30N6O4. The highest BCUT2D eigenvalue weighted by Crippen LogP contribution is 2.56. The minimum absolute atomic E-state index is 0.00249. The molecule has 35 heavy (non-hydrogen) atoms. The number of aliphatic hydroxyl groups is 2. The molecule has 1 saturated heterocycles. The Bertz CT molecular complexity index is 1270. The Hall–Kier alpha value is -2.98. The lowest BCUT2D eigenvalue weighted by Crippen LogP contribution is -2.59. The number of nitrogens with one attached hydrogen (secondary N) is 2. The third-order valence-corrected chi connectivity index (χ3v) is 8.83. The highest BCUT2D eigenvalue weighted by atomic mass is 16.5. The molecule has 1 amide bonds. The molecule has 4 aliphatic carbocycles. The molecule has 184 valence electrons. The Morgan fingerprint density at radius 2 is 2.11 bits per heavy atom. The van der Waals surface area contributed by atoms with E-state index in [1.807, 2.05) is 12.3 Å². The van der Waals surface area contributed by atoms with Crippen molar-refractivity contribution in [2.45, 2.75) is 62.6 Å². The minimum atomic E-state index is -0.497. The van der Waals surface area contributed by atoms with E-state index in [0.717, 1.165) is 61.7 Å². The maximum atomic E-state index is 13.0. The highest BCUT2D eigenvalue weighted by Gasteiger charge is 2.54. The van der Waals surface area contributed by atoms with Crippen LogP contribution in [0, 0.1) is 17.8 Å². The van der Waals surface area contributed by atoms with E-state index >= 15 is 0 Å². The number of aromatic amines is 1. The largest absolute Gasteiger partial charge is 0.394 e. The summed E-state index contributed by atoms with van der Waals surface area (Å²) in [5.41, 5.74) is 1.80. The minimum Gasteiger partial charge on any atom is -0.394 e. The molecule has 0 aromatic carbocycles. The molecule has 3 aromatic rings. The fourth-order valence-corrected chi connectivity index (χ4v) is 7.55. The molecule has 4 heterocycles. The van der Waals surface area contributed by atoms with E-state index in [1.54, 1.807) is 11.1 Å². The molecule has 3 atom stereocenters. The molecule has 4 saturated carbocycles. The number of pyridine rings is 1. The quantitative estimate of drug-likeness (QED) is 0.439. The van der Waals surface area contributed by atoms with Crippen molar-refractivity contribution in [2.24, 2.45) is 17.8 Å². The number of fused-ring (bicyclic) bond motifs is 1. The fourth-order valence-electron chi connectivity index (χ4n) is 7.55. The Kier molecular flexibility index (Phi) is 4.73. The number of anilines is 1. The van der Waals surface area contributed by atoms with Crippen molar-refractivity contribution in [3.63, 3.8) is 0 Å². The van der Waals surface area contributed by atoms with Crippen LogP contribution in [-0.2, 0) is 0 Å². The lowest BCUT2D eigenvalue weighted by Gasteiger charge is -2.58. The Morgan fingerprint density at radius 1 is 1.29 bits per heavy atom. The monoisotopic (exact) mass is 478 g/mol. The lowest BCUT2D eigenvalue weighted by atomic mass is 9.52. The molecule has 4 N–H and O–H groups in total. The number of carbonyl (C=O) groups is 1. The predicted octanol–water partition coefficient (Wildman–Crippen LogP) is 2.56. The zero-order chi connectivity index (χ0) is 23.7. The van der Waals surface area contributed by atoms with Crippen LogP contribution in [0.3, 0.4) is 0 Å². The number of hydrogen-bond acceptors (Lipinski definition) is 8. The van der Waals surface area contributed by atoms with Crippen LogP contribution >= 0.6 is 0 Å². The van der Waals surface area contributed by atoms with Crippen LogP contribution in [0.4, 0.5) is 5.69 Å². The molecule has 5 fully saturated rings. The average molecular weight is 479 g/mol. The first-order valence-electron chi connectivity index (χ1n) is 12.7. The summed E-state index contributed by atoms with van der Waals surface area (Å²) < 4.78 is 5.59. The van der Waals surface area contributed by atoms with Gasteiger partial charge in [-0.3, -0.25) is 4.79 Å². The van der Waals surface area contributed by atoms with Crippen molar-refractivity contribution in [2.75, 3.05) is 18.5 Å². The van der Waals surface area contributed by atoms with Gasteiger partial charge in [0.15, 0.2) is 0 Å². The van der Waals surface area contributed by atoms with E-state index in [1.165, 1.54) is 0 Å². The summed E-state index contributed by atoms with van der Waals surface area (Å²) in [6.45, 7) is 0.508. The smallest absolute Gasteiger partial charge is 0.295 e. The van der Waals surface area contributed by atoms with Crippen LogP contribution in [0.1, 0.15) is 55.6 Å². The summed E-state index contributed by atoms with van der Waals surface area (Å²) in [7, 11) is 0. The topological polar surface area (TPSA) is 140 Å². The van der Waals surface area contributed by atoms with E-state index in [2.05, 4.69) is 25.4 Å². The first kappa shape index (κ1) is 21.3. The van der Waals surface area contributed by atoms with Gasteiger partial charge in [-0.15, -0.1) is 0 Å². The molecular weight excluding hydrogens is 448 g/mol. The van der Waals surface area contributed by atoms with E-state index in [4.69, 9.17) is 4.52 Å². The summed E-state index contributed by atoms with van der Waals surface area (Å²) in [6, 6.07) is 2.03. The highest BCUT2D eigenvalue weighted by molar-refractivity contribution is 5.97. The number of hydrogen-bond donors (Lipinski definition) is 4. The zero-order valence-corrected chi connectivity index (χ0v) is 19.5. The van der Waals surface area contributed by atoms with Gasteiger partial charge in [-0.05, 0) is 68.8 Å². The lowest BCUT2D eigenvalue weighted by molar-refractivity contribution is -0.129. The second kappa shape index (κ2) is 7.76. The first-order valence-corrected chi connectivity index (χ1v) is 12.7. The van der Waals surface area contributed by atoms with Gasteiger partial charge in [0.1, 0.15) is 5.65 Å². The SMILES string of the molecule is O=C(c1noc(-c2cnc3[nH]ccc3c2N[C@H]2C3CC4CC2C[C@@](O)(C4)C3)n1)N1CCC[C@H]1CO. The van der Waals surface area contributed by atoms with Crippen molar-refractivity contribution < 1.29 is 19.5 Å². The van der Waals surface area contributed by atoms with Gasteiger partial charge in [0.2, 0.25) is 0 Å². The second-order valence-corrected chi connectivity index (χ2v) is 11.1. The number of amides is 1. The van der Waals surface area contributed by atoms with E-state index in [-0.39, 0.29) is 36.3 Å². The number of likely N-dealkylation sites (tertiary alicyclic amines) is 1. The van der Waals surface area contributed by atoms with Crippen LogP contribution in [0.5, 0.6) is 0 Å². The average Bonchev–Trinajstić information content (AvgIpc) is 3.60. The van der Waals surface area contributed by atoms with Crippen LogP contribution in [-0.4, -0.2) is 72.0 Å². The molecule has 0 spiro atoms. The van der Waals surface area contributed by atoms with Crippen LogP contribution < -0.4 is 5.32 Å². The first-order chi connectivity index (χ1) is 17.0. The molecule has 0 radical (unpaired) electrons. The van der Waals surface area contributed by atoms with Gasteiger partial charge in [0.25, 0.3) is 17.6 Å².